The fourth-order valence-corrected chi connectivity index (χ4v) is 1.19. The van der Waals surface area contributed by atoms with Crippen LogP contribution < -0.4 is 11.2 Å². The number of aromatic hydroxyl groups is 1. The van der Waals surface area contributed by atoms with E-state index >= 15 is 0 Å². The quantitative estimate of drug-likeness (QED) is 0.423. The second-order valence-electron chi connectivity index (χ2n) is 3.05. The van der Waals surface area contributed by atoms with Crippen molar-refractivity contribution in [3.05, 3.63) is 35.4 Å². The molecular formula is C11H13N3OS. The predicted molar refractivity (Wildman–Crippen MR) is 70.3 cm³/mol. The topological polar surface area (TPSA) is 70.6 Å². The van der Waals surface area contributed by atoms with Crippen molar-refractivity contribution in [2.24, 2.45) is 10.8 Å². The lowest BCUT2D eigenvalue weighted by Crippen LogP contribution is -2.23. The Hall–Kier alpha value is -1.88. The SMILES string of the molecule is C/C=C/c1ccc(O)c(/C=N\NC(N)=S)c1. The maximum absolute atomic E-state index is 9.56. The molecule has 4 nitrogen and oxygen atoms in total. The summed E-state index contributed by atoms with van der Waals surface area (Å²) in [5.41, 5.74) is 9.21. The molecule has 1 rings (SSSR count). The average Bonchev–Trinajstić information content (AvgIpc) is 2.22. The second-order valence-corrected chi connectivity index (χ2v) is 3.49. The zero-order chi connectivity index (χ0) is 12.0. The van der Waals surface area contributed by atoms with E-state index in [1.54, 1.807) is 12.1 Å². The Kier molecular flexibility index (Phi) is 4.47. The fourth-order valence-electron chi connectivity index (χ4n) is 1.14. The Bertz CT molecular complexity index is 441. The molecule has 0 aliphatic carbocycles. The van der Waals surface area contributed by atoms with Gasteiger partial charge in [-0.05, 0) is 36.8 Å². The fraction of sp³-hybridized carbons (Fsp3) is 0.0909. The number of phenols is 1. The third-order valence-corrected chi connectivity index (χ3v) is 1.88. The van der Waals surface area contributed by atoms with E-state index < -0.39 is 0 Å². The van der Waals surface area contributed by atoms with Crippen LogP contribution in [0.15, 0.2) is 29.4 Å². The van der Waals surface area contributed by atoms with E-state index in [1.807, 2.05) is 25.1 Å². The lowest BCUT2D eigenvalue weighted by atomic mass is 10.1. The minimum absolute atomic E-state index is 0.0837. The van der Waals surface area contributed by atoms with Crippen molar-refractivity contribution in [3.63, 3.8) is 0 Å². The molecule has 0 radical (unpaired) electrons. The van der Waals surface area contributed by atoms with Crippen LogP contribution in [0.2, 0.25) is 0 Å². The number of allylic oxidation sites excluding steroid dienone is 1. The maximum atomic E-state index is 9.56. The summed E-state index contributed by atoms with van der Waals surface area (Å²) < 4.78 is 0. The molecule has 0 atom stereocenters. The molecule has 0 amide bonds. The number of nitrogens with one attached hydrogen (secondary N) is 1. The molecule has 0 aromatic heterocycles. The van der Waals surface area contributed by atoms with E-state index in [0.29, 0.717) is 5.56 Å². The molecule has 0 aliphatic rings. The Morgan fingerprint density at radius 1 is 1.56 bits per heavy atom. The van der Waals surface area contributed by atoms with E-state index in [0.717, 1.165) is 5.56 Å². The van der Waals surface area contributed by atoms with Gasteiger partial charge < -0.3 is 10.8 Å². The van der Waals surface area contributed by atoms with Crippen LogP contribution in [0.25, 0.3) is 6.08 Å². The molecule has 0 saturated carbocycles. The highest BCUT2D eigenvalue weighted by Gasteiger charge is 1.98. The van der Waals surface area contributed by atoms with E-state index in [2.05, 4.69) is 22.7 Å². The molecular weight excluding hydrogens is 222 g/mol. The normalized spacial score (nSPS) is 11.1. The Morgan fingerprint density at radius 3 is 2.94 bits per heavy atom. The molecule has 4 N–H and O–H groups in total. The zero-order valence-electron chi connectivity index (χ0n) is 8.84. The smallest absolute Gasteiger partial charge is 0.184 e. The van der Waals surface area contributed by atoms with Gasteiger partial charge in [0.15, 0.2) is 5.11 Å². The molecule has 0 heterocycles. The average molecular weight is 235 g/mol. The number of hydrogen-bond acceptors (Lipinski definition) is 3. The molecule has 0 aliphatic heterocycles. The number of thiocarbonyl (C=S) groups is 1. The van der Waals surface area contributed by atoms with Gasteiger partial charge in [-0.15, -0.1) is 0 Å². The second kappa shape index (κ2) is 5.87. The van der Waals surface area contributed by atoms with Crippen molar-refractivity contribution < 1.29 is 5.11 Å². The van der Waals surface area contributed by atoms with Crippen molar-refractivity contribution in [1.82, 2.24) is 5.43 Å². The Balaban J connectivity index is 2.89. The first-order valence-corrected chi connectivity index (χ1v) is 5.08. The minimum atomic E-state index is 0.0837. The molecule has 0 bridgehead atoms. The first-order chi connectivity index (χ1) is 7.63. The molecule has 5 heteroatoms. The number of phenolic OH excluding ortho intramolecular Hbond substituents is 1. The van der Waals surface area contributed by atoms with Gasteiger partial charge in [-0.25, -0.2) is 0 Å². The molecule has 0 unspecified atom stereocenters. The van der Waals surface area contributed by atoms with Gasteiger partial charge in [0.1, 0.15) is 5.75 Å². The number of hydrazone groups is 1. The number of benzene rings is 1. The zero-order valence-corrected chi connectivity index (χ0v) is 9.66. The van der Waals surface area contributed by atoms with Crippen molar-refractivity contribution in [3.8, 4) is 5.75 Å². The molecule has 0 saturated heterocycles. The number of rotatable bonds is 3. The lowest BCUT2D eigenvalue weighted by molar-refractivity contribution is 0.474. The van der Waals surface area contributed by atoms with E-state index in [-0.39, 0.29) is 10.9 Å². The van der Waals surface area contributed by atoms with E-state index in [9.17, 15) is 5.11 Å². The van der Waals surface area contributed by atoms with Crippen LogP contribution in [0.1, 0.15) is 18.1 Å². The molecule has 0 spiro atoms. The monoisotopic (exact) mass is 235 g/mol. The third kappa shape index (κ3) is 3.70. The van der Waals surface area contributed by atoms with Crippen LogP contribution >= 0.6 is 12.2 Å². The highest BCUT2D eigenvalue weighted by atomic mass is 32.1. The highest BCUT2D eigenvalue weighted by molar-refractivity contribution is 7.80. The molecule has 16 heavy (non-hydrogen) atoms. The van der Waals surface area contributed by atoms with Crippen LogP contribution in [-0.4, -0.2) is 16.4 Å². The van der Waals surface area contributed by atoms with Gasteiger partial charge in [-0.1, -0.05) is 18.2 Å². The Morgan fingerprint density at radius 2 is 2.31 bits per heavy atom. The first kappa shape index (κ1) is 12.2. The van der Waals surface area contributed by atoms with Gasteiger partial charge in [0.05, 0.1) is 6.21 Å². The van der Waals surface area contributed by atoms with Crippen LogP contribution in [0.4, 0.5) is 0 Å². The van der Waals surface area contributed by atoms with Crippen molar-refractivity contribution >= 4 is 29.6 Å². The third-order valence-electron chi connectivity index (χ3n) is 1.79. The van der Waals surface area contributed by atoms with Crippen molar-refractivity contribution in [1.29, 1.82) is 0 Å². The van der Waals surface area contributed by atoms with Crippen LogP contribution in [0.3, 0.4) is 0 Å². The predicted octanol–water partition coefficient (Wildman–Crippen LogP) is 1.59. The maximum Gasteiger partial charge on any atom is 0.184 e. The lowest BCUT2D eigenvalue weighted by Gasteiger charge is -2.00. The number of nitrogens with zero attached hydrogens (tertiary/aromatic N) is 1. The minimum Gasteiger partial charge on any atom is -0.507 e. The van der Waals surface area contributed by atoms with E-state index in [1.165, 1.54) is 6.21 Å². The highest BCUT2D eigenvalue weighted by Crippen LogP contribution is 2.17. The summed E-state index contributed by atoms with van der Waals surface area (Å²) >= 11 is 4.59. The van der Waals surface area contributed by atoms with Gasteiger partial charge in [-0.3, -0.25) is 5.43 Å². The molecule has 0 fully saturated rings. The first-order valence-electron chi connectivity index (χ1n) is 4.67. The van der Waals surface area contributed by atoms with Crippen molar-refractivity contribution in [2.75, 3.05) is 0 Å². The van der Waals surface area contributed by atoms with Crippen molar-refractivity contribution in [2.45, 2.75) is 6.92 Å². The Labute approximate surface area is 99.5 Å². The van der Waals surface area contributed by atoms with Gasteiger partial charge in [0.25, 0.3) is 0 Å². The van der Waals surface area contributed by atoms with E-state index in [4.69, 9.17) is 5.73 Å². The summed E-state index contributed by atoms with van der Waals surface area (Å²) in [6, 6.07) is 5.23. The van der Waals surface area contributed by atoms with Gasteiger partial charge in [0, 0.05) is 5.56 Å². The summed E-state index contributed by atoms with van der Waals surface area (Å²) in [5.74, 6) is 0.154. The van der Waals surface area contributed by atoms with Crippen LogP contribution in [0, 0.1) is 0 Å². The summed E-state index contributed by atoms with van der Waals surface area (Å²) in [5, 5.41) is 13.4. The van der Waals surface area contributed by atoms with Gasteiger partial charge in [-0.2, -0.15) is 5.10 Å². The van der Waals surface area contributed by atoms with Crippen LogP contribution in [0.5, 0.6) is 5.75 Å². The van der Waals surface area contributed by atoms with Crippen LogP contribution in [-0.2, 0) is 0 Å². The van der Waals surface area contributed by atoms with Gasteiger partial charge in [0.2, 0.25) is 0 Å². The number of hydrogen-bond donors (Lipinski definition) is 3. The molecule has 1 aromatic rings. The number of nitrogens with two attached hydrogens (primary N) is 1. The summed E-state index contributed by atoms with van der Waals surface area (Å²) in [6.07, 6.45) is 5.31. The van der Waals surface area contributed by atoms with Gasteiger partial charge >= 0.3 is 0 Å². The standard InChI is InChI=1S/C11H13N3OS/c1-2-3-8-4-5-10(15)9(6-8)7-13-14-11(12)16/h2-7,15H,1H3,(H3,12,14,16)/b3-2+,13-7-. The largest absolute Gasteiger partial charge is 0.507 e. The summed E-state index contributed by atoms with van der Waals surface area (Å²) in [6.45, 7) is 1.93. The summed E-state index contributed by atoms with van der Waals surface area (Å²) in [4.78, 5) is 0. The summed E-state index contributed by atoms with van der Waals surface area (Å²) in [7, 11) is 0. The molecule has 84 valence electrons. The molecule has 1 aromatic carbocycles.